The minimum absolute atomic E-state index is 0.0736. The summed E-state index contributed by atoms with van der Waals surface area (Å²) in [7, 11) is 0. The van der Waals surface area contributed by atoms with E-state index in [2.05, 4.69) is 10.6 Å². The molecule has 0 aromatic heterocycles. The molecule has 5 rings (SSSR count). The molecule has 2 bridgehead atoms. The molecule has 1 spiro atoms. The number of halogens is 1. The number of hydrogen-bond donors (Lipinski definition) is 3. The fraction of sp³-hybridized carbons (Fsp3) is 0.464. The molecule has 3 aliphatic rings. The number of aliphatic hydroxyl groups is 1. The van der Waals surface area contributed by atoms with Crippen molar-refractivity contribution in [1.29, 1.82) is 0 Å². The van der Waals surface area contributed by atoms with Crippen LogP contribution in [0.2, 0.25) is 5.02 Å². The van der Waals surface area contributed by atoms with Gasteiger partial charge < -0.3 is 25.4 Å². The smallest absolute Gasteiger partial charge is 0.250 e. The van der Waals surface area contributed by atoms with Gasteiger partial charge >= 0.3 is 0 Å². The summed E-state index contributed by atoms with van der Waals surface area (Å²) in [4.78, 5) is 43.0. The van der Waals surface area contributed by atoms with Crippen molar-refractivity contribution in [1.82, 2.24) is 4.90 Å². The highest BCUT2D eigenvalue weighted by molar-refractivity contribution is 6.30. The average Bonchev–Trinajstić information content (AvgIpc) is 3.44. The van der Waals surface area contributed by atoms with Gasteiger partial charge in [-0.15, -0.1) is 0 Å². The molecule has 5 atom stereocenters. The zero-order chi connectivity index (χ0) is 26.2. The summed E-state index contributed by atoms with van der Waals surface area (Å²) in [5.41, 5.74) is -0.714. The van der Waals surface area contributed by atoms with E-state index in [1.165, 1.54) is 0 Å². The summed E-state index contributed by atoms with van der Waals surface area (Å²) in [6.45, 7) is 2.30. The molecule has 3 aliphatic heterocycles. The third-order valence-corrected chi connectivity index (χ3v) is 8.27. The number of rotatable bonds is 9. The molecule has 37 heavy (non-hydrogen) atoms. The predicted molar refractivity (Wildman–Crippen MR) is 140 cm³/mol. The largest absolute Gasteiger partial charge is 0.396 e. The van der Waals surface area contributed by atoms with Crippen LogP contribution >= 0.6 is 11.6 Å². The Bertz CT molecular complexity index is 1180. The number of ether oxygens (including phenoxy) is 1. The molecule has 2 aromatic carbocycles. The lowest BCUT2D eigenvalue weighted by Gasteiger charge is -2.33. The van der Waals surface area contributed by atoms with Gasteiger partial charge in [-0.1, -0.05) is 29.8 Å². The molecular formula is C28H32ClN3O5. The molecule has 196 valence electrons. The van der Waals surface area contributed by atoms with Crippen LogP contribution in [-0.4, -0.2) is 58.1 Å². The molecule has 3 fully saturated rings. The third kappa shape index (κ3) is 4.51. The first-order valence-corrected chi connectivity index (χ1v) is 13.2. The van der Waals surface area contributed by atoms with E-state index in [0.29, 0.717) is 48.6 Å². The highest BCUT2D eigenvalue weighted by Crippen LogP contribution is 2.63. The van der Waals surface area contributed by atoms with Gasteiger partial charge in [-0.2, -0.15) is 0 Å². The molecule has 0 radical (unpaired) electrons. The Kier molecular flexibility index (Phi) is 7.00. The fourth-order valence-electron chi connectivity index (χ4n) is 6.42. The number of likely N-dealkylation sites (tertiary alicyclic amines) is 1. The maximum atomic E-state index is 14.0. The van der Waals surface area contributed by atoms with Crippen molar-refractivity contribution < 1.29 is 24.2 Å². The zero-order valence-electron chi connectivity index (χ0n) is 20.8. The van der Waals surface area contributed by atoms with Crippen molar-refractivity contribution in [3.05, 3.63) is 59.6 Å². The number of benzene rings is 2. The Labute approximate surface area is 221 Å². The Morgan fingerprint density at radius 3 is 2.38 bits per heavy atom. The molecule has 3 saturated heterocycles. The van der Waals surface area contributed by atoms with Crippen molar-refractivity contribution in [2.75, 3.05) is 23.8 Å². The maximum Gasteiger partial charge on any atom is 0.250 e. The minimum Gasteiger partial charge on any atom is -0.396 e. The lowest BCUT2D eigenvalue weighted by molar-refractivity contribution is -0.143. The quantitative estimate of drug-likeness (QED) is 0.431. The number of unbranched alkanes of at least 4 members (excludes halogenated alkanes) is 2. The molecule has 3 N–H and O–H groups in total. The summed E-state index contributed by atoms with van der Waals surface area (Å²) < 4.78 is 6.62. The highest BCUT2D eigenvalue weighted by Gasteiger charge is 2.77. The third-order valence-electron chi connectivity index (χ3n) is 8.02. The monoisotopic (exact) mass is 525 g/mol. The molecule has 2 aromatic rings. The number of anilines is 2. The zero-order valence-corrected chi connectivity index (χ0v) is 21.5. The standard InChI is InChI=1S/C28H32ClN3O5/c1-27-14-15-28(37-27)22(21(27)24(34)30-19-8-4-2-5-9-19)26(36)32(16-6-3-7-17-33)23(28)25(35)31-20-12-10-18(29)11-13-20/h2,4-5,8-13,21-23,33H,3,6-7,14-17H2,1H3,(H,30,34)(H,31,35)/t21-,22-,23?,27+,28?/m0/s1. The first-order valence-electron chi connectivity index (χ1n) is 12.8. The number of nitrogens with zero attached hydrogens (tertiary/aromatic N) is 1. The van der Waals surface area contributed by atoms with Gasteiger partial charge in [0.1, 0.15) is 11.6 Å². The molecule has 2 unspecified atom stereocenters. The van der Waals surface area contributed by atoms with E-state index in [1.54, 1.807) is 41.3 Å². The van der Waals surface area contributed by atoms with Crippen LogP contribution in [0.1, 0.15) is 39.0 Å². The van der Waals surface area contributed by atoms with E-state index in [0.717, 1.165) is 6.42 Å². The summed E-state index contributed by atoms with van der Waals surface area (Å²) in [5.74, 6) is -2.31. The Morgan fingerprint density at radius 2 is 1.68 bits per heavy atom. The predicted octanol–water partition coefficient (Wildman–Crippen LogP) is 3.84. The van der Waals surface area contributed by atoms with Crippen molar-refractivity contribution >= 4 is 40.7 Å². The van der Waals surface area contributed by atoms with Gasteiger partial charge in [0.05, 0.1) is 17.4 Å². The maximum absolute atomic E-state index is 14.0. The number of carbonyl (C=O) groups is 3. The number of aliphatic hydroxyl groups excluding tert-OH is 1. The Balaban J connectivity index is 1.46. The average molecular weight is 526 g/mol. The van der Waals surface area contributed by atoms with Gasteiger partial charge in [0.2, 0.25) is 17.7 Å². The molecule has 0 saturated carbocycles. The molecular weight excluding hydrogens is 494 g/mol. The van der Waals surface area contributed by atoms with Crippen LogP contribution in [0, 0.1) is 11.8 Å². The van der Waals surface area contributed by atoms with Crippen LogP contribution in [0.25, 0.3) is 0 Å². The van der Waals surface area contributed by atoms with Crippen molar-refractivity contribution in [2.24, 2.45) is 11.8 Å². The summed E-state index contributed by atoms with van der Waals surface area (Å²) in [6.07, 6.45) is 3.07. The van der Waals surface area contributed by atoms with Gasteiger partial charge in [0, 0.05) is 29.5 Å². The van der Waals surface area contributed by atoms with Crippen LogP contribution in [-0.2, 0) is 19.1 Å². The highest BCUT2D eigenvalue weighted by atomic mass is 35.5. The van der Waals surface area contributed by atoms with Crippen LogP contribution in [0.5, 0.6) is 0 Å². The summed E-state index contributed by atoms with van der Waals surface area (Å²) in [6, 6.07) is 15.1. The molecule has 0 aliphatic carbocycles. The van der Waals surface area contributed by atoms with Crippen LogP contribution in [0.15, 0.2) is 54.6 Å². The number of hydrogen-bond acceptors (Lipinski definition) is 5. The van der Waals surface area contributed by atoms with E-state index >= 15 is 0 Å². The lowest BCUT2D eigenvalue weighted by atomic mass is 9.66. The first kappa shape index (κ1) is 25.7. The number of nitrogens with one attached hydrogen (secondary N) is 2. The summed E-state index contributed by atoms with van der Waals surface area (Å²) >= 11 is 6.00. The van der Waals surface area contributed by atoms with Crippen LogP contribution < -0.4 is 10.6 Å². The van der Waals surface area contributed by atoms with Gasteiger partial charge in [0.15, 0.2) is 0 Å². The number of carbonyl (C=O) groups excluding carboxylic acids is 3. The van der Waals surface area contributed by atoms with Crippen molar-refractivity contribution in [3.63, 3.8) is 0 Å². The number of amides is 3. The number of para-hydroxylation sites is 1. The molecule has 3 heterocycles. The molecule has 8 nitrogen and oxygen atoms in total. The summed E-state index contributed by atoms with van der Waals surface area (Å²) in [5, 5.41) is 15.6. The van der Waals surface area contributed by atoms with E-state index in [4.69, 9.17) is 16.3 Å². The number of fused-ring (bicyclic) bond motifs is 1. The van der Waals surface area contributed by atoms with Gasteiger partial charge in [-0.3, -0.25) is 14.4 Å². The first-order chi connectivity index (χ1) is 17.8. The van der Waals surface area contributed by atoms with E-state index in [1.807, 2.05) is 25.1 Å². The van der Waals surface area contributed by atoms with Gasteiger partial charge in [-0.25, -0.2) is 0 Å². The van der Waals surface area contributed by atoms with Gasteiger partial charge in [0.25, 0.3) is 0 Å². The van der Waals surface area contributed by atoms with Gasteiger partial charge in [-0.05, 0) is 75.4 Å². The molecule has 9 heteroatoms. The lowest BCUT2D eigenvalue weighted by Crippen LogP contribution is -2.53. The topological polar surface area (TPSA) is 108 Å². The Hall–Kier alpha value is -2.94. The normalized spacial score (nSPS) is 29.9. The second kappa shape index (κ2) is 10.1. The van der Waals surface area contributed by atoms with Crippen molar-refractivity contribution in [3.8, 4) is 0 Å². The second-order valence-electron chi connectivity index (χ2n) is 10.4. The van der Waals surface area contributed by atoms with Crippen LogP contribution in [0.4, 0.5) is 11.4 Å². The Morgan fingerprint density at radius 1 is 1.00 bits per heavy atom. The van der Waals surface area contributed by atoms with Crippen molar-refractivity contribution in [2.45, 2.75) is 56.3 Å². The van der Waals surface area contributed by atoms with E-state index in [9.17, 15) is 19.5 Å². The van der Waals surface area contributed by atoms with E-state index in [-0.39, 0.29) is 24.3 Å². The molecule has 3 amide bonds. The SMILES string of the molecule is C[C@]12CCC3(O1)C(C(=O)Nc1ccc(Cl)cc1)N(CCCCCO)C(=O)[C@@H]3[C@H]2C(=O)Nc1ccccc1. The van der Waals surface area contributed by atoms with E-state index < -0.39 is 29.1 Å². The minimum atomic E-state index is -1.09. The fourth-order valence-corrected chi connectivity index (χ4v) is 6.55. The second-order valence-corrected chi connectivity index (χ2v) is 10.8. The van der Waals surface area contributed by atoms with Crippen LogP contribution in [0.3, 0.4) is 0 Å².